The summed E-state index contributed by atoms with van der Waals surface area (Å²) in [6, 6.07) is 12.3. The van der Waals surface area contributed by atoms with Crippen molar-refractivity contribution >= 4 is 24.0 Å². The molecule has 7 heteroatoms. The Hall–Kier alpha value is -4.00. The molecule has 0 saturated heterocycles. The van der Waals surface area contributed by atoms with Gasteiger partial charge < -0.3 is 9.67 Å². The lowest BCUT2D eigenvalue weighted by Crippen LogP contribution is -2.50. The zero-order chi connectivity index (χ0) is 22.6. The maximum atomic E-state index is 14.8. The van der Waals surface area contributed by atoms with E-state index in [1.54, 1.807) is 31.2 Å². The normalized spacial score (nSPS) is 19.2. The van der Waals surface area contributed by atoms with Crippen LogP contribution in [0.4, 0.5) is 4.39 Å². The molecule has 6 nitrogen and oxygen atoms in total. The predicted molar refractivity (Wildman–Crippen MR) is 117 cm³/mol. The third-order valence-corrected chi connectivity index (χ3v) is 6.18. The second-order valence-corrected chi connectivity index (χ2v) is 7.80. The average Bonchev–Trinajstić information content (AvgIpc) is 2.95. The fourth-order valence-corrected chi connectivity index (χ4v) is 4.72. The fourth-order valence-electron chi connectivity index (χ4n) is 4.72. The van der Waals surface area contributed by atoms with Crippen molar-refractivity contribution in [2.45, 2.75) is 18.9 Å². The molecule has 0 radical (unpaired) electrons. The SMILES string of the molecule is CCN1C(=O)c2c(O)c(=O)ccn2[C@@H]([C@H]2c3ccccc3C=Cc3c(F)cccc32)C1=O. The Labute approximate surface area is 182 Å². The Balaban J connectivity index is 1.86. The Bertz CT molecular complexity index is 1370. The second kappa shape index (κ2) is 7.30. The second-order valence-electron chi connectivity index (χ2n) is 7.80. The van der Waals surface area contributed by atoms with Gasteiger partial charge in [0.05, 0.1) is 0 Å². The lowest BCUT2D eigenvalue weighted by Gasteiger charge is -2.38. The number of carbonyl (C=O) groups is 2. The number of likely N-dealkylation sites (N-methyl/N-ethyl adjacent to an activating group) is 1. The first-order valence-corrected chi connectivity index (χ1v) is 10.3. The number of hydrogen-bond acceptors (Lipinski definition) is 4. The van der Waals surface area contributed by atoms with Gasteiger partial charge in [-0.15, -0.1) is 0 Å². The zero-order valence-corrected chi connectivity index (χ0v) is 17.2. The van der Waals surface area contributed by atoms with Crippen LogP contribution in [-0.2, 0) is 4.79 Å². The van der Waals surface area contributed by atoms with Crippen LogP contribution in [0.3, 0.4) is 0 Å². The lowest BCUT2D eigenvalue weighted by atomic mass is 9.80. The Morgan fingerprint density at radius 1 is 0.969 bits per heavy atom. The molecule has 0 spiro atoms. The fraction of sp³-hybridized carbons (Fsp3) is 0.160. The van der Waals surface area contributed by atoms with E-state index in [1.807, 2.05) is 24.3 Å². The third-order valence-electron chi connectivity index (χ3n) is 6.18. The van der Waals surface area contributed by atoms with Crippen LogP contribution in [0.25, 0.3) is 12.2 Å². The van der Waals surface area contributed by atoms with E-state index in [4.69, 9.17) is 0 Å². The van der Waals surface area contributed by atoms with Crippen molar-refractivity contribution in [2.75, 3.05) is 6.54 Å². The molecule has 32 heavy (non-hydrogen) atoms. The number of amides is 2. The molecule has 2 aliphatic rings. The monoisotopic (exact) mass is 430 g/mol. The molecule has 0 fully saturated rings. The van der Waals surface area contributed by atoms with Crippen LogP contribution in [0.5, 0.6) is 5.75 Å². The minimum atomic E-state index is -1.00. The van der Waals surface area contributed by atoms with Gasteiger partial charge in [-0.25, -0.2) is 4.39 Å². The van der Waals surface area contributed by atoms with E-state index >= 15 is 0 Å². The number of halogens is 1. The maximum Gasteiger partial charge on any atom is 0.281 e. The highest BCUT2D eigenvalue weighted by atomic mass is 19.1. The Kier molecular flexibility index (Phi) is 4.55. The van der Waals surface area contributed by atoms with Crippen molar-refractivity contribution < 1.29 is 19.1 Å². The first-order chi connectivity index (χ1) is 15.4. The summed E-state index contributed by atoms with van der Waals surface area (Å²) in [5, 5.41) is 10.5. The summed E-state index contributed by atoms with van der Waals surface area (Å²) in [5.41, 5.74) is 1.58. The average molecular weight is 430 g/mol. The van der Waals surface area contributed by atoms with Gasteiger partial charge in [0.15, 0.2) is 11.4 Å². The molecule has 2 amide bonds. The molecule has 1 N–H and O–H groups in total. The minimum Gasteiger partial charge on any atom is -0.503 e. The highest BCUT2D eigenvalue weighted by molar-refractivity contribution is 6.09. The molecule has 1 aliphatic heterocycles. The van der Waals surface area contributed by atoms with Gasteiger partial charge in [0.1, 0.15) is 11.9 Å². The summed E-state index contributed by atoms with van der Waals surface area (Å²) in [6.45, 7) is 1.72. The highest BCUT2D eigenvalue weighted by Gasteiger charge is 2.45. The smallest absolute Gasteiger partial charge is 0.281 e. The zero-order valence-electron chi connectivity index (χ0n) is 17.2. The molecule has 2 heterocycles. The summed E-state index contributed by atoms with van der Waals surface area (Å²) < 4.78 is 16.2. The van der Waals surface area contributed by atoms with Gasteiger partial charge in [-0.1, -0.05) is 48.6 Å². The van der Waals surface area contributed by atoms with E-state index in [0.29, 0.717) is 11.1 Å². The molecule has 1 aromatic heterocycles. The van der Waals surface area contributed by atoms with Gasteiger partial charge in [0.2, 0.25) is 5.43 Å². The van der Waals surface area contributed by atoms with Crippen LogP contribution in [0.2, 0.25) is 0 Å². The number of benzene rings is 2. The summed E-state index contributed by atoms with van der Waals surface area (Å²) >= 11 is 0. The number of pyridine rings is 1. The van der Waals surface area contributed by atoms with Crippen LogP contribution >= 0.6 is 0 Å². The molecular weight excluding hydrogens is 411 g/mol. The van der Waals surface area contributed by atoms with Crippen LogP contribution in [0.15, 0.2) is 59.5 Å². The number of aromatic hydroxyl groups is 1. The lowest BCUT2D eigenvalue weighted by molar-refractivity contribution is -0.133. The Morgan fingerprint density at radius 2 is 1.72 bits per heavy atom. The molecule has 1 aliphatic carbocycles. The van der Waals surface area contributed by atoms with Crippen molar-refractivity contribution in [1.29, 1.82) is 0 Å². The summed E-state index contributed by atoms with van der Waals surface area (Å²) in [4.78, 5) is 39.8. The molecule has 0 bridgehead atoms. The van der Waals surface area contributed by atoms with Crippen molar-refractivity contribution in [3.05, 3.63) is 98.7 Å². The summed E-state index contributed by atoms with van der Waals surface area (Å²) in [5.74, 6) is -3.00. The third kappa shape index (κ3) is 2.74. The van der Waals surface area contributed by atoms with Crippen LogP contribution in [0, 0.1) is 5.82 Å². The molecule has 160 valence electrons. The van der Waals surface area contributed by atoms with Gasteiger partial charge in [-0.2, -0.15) is 0 Å². The Morgan fingerprint density at radius 3 is 2.50 bits per heavy atom. The number of imide groups is 1. The molecule has 2 atom stereocenters. The molecule has 0 unspecified atom stereocenters. The first-order valence-electron chi connectivity index (χ1n) is 10.3. The summed E-state index contributed by atoms with van der Waals surface area (Å²) in [6.07, 6.45) is 4.84. The van der Waals surface area contributed by atoms with Crippen molar-refractivity contribution in [3.8, 4) is 5.75 Å². The number of fused-ring (bicyclic) bond motifs is 3. The molecule has 5 rings (SSSR count). The van der Waals surface area contributed by atoms with E-state index < -0.39 is 40.8 Å². The number of nitrogens with zero attached hydrogens (tertiary/aromatic N) is 2. The molecular formula is C25H19FN2O4. The molecule has 2 aromatic carbocycles. The van der Waals surface area contributed by atoms with Crippen molar-refractivity contribution in [1.82, 2.24) is 9.47 Å². The largest absolute Gasteiger partial charge is 0.503 e. The van der Waals surface area contributed by atoms with E-state index in [1.165, 1.54) is 16.8 Å². The van der Waals surface area contributed by atoms with Gasteiger partial charge in [0.25, 0.3) is 11.8 Å². The minimum absolute atomic E-state index is 0.0688. The van der Waals surface area contributed by atoms with Crippen LogP contribution < -0.4 is 5.43 Å². The van der Waals surface area contributed by atoms with E-state index in [2.05, 4.69) is 0 Å². The quantitative estimate of drug-likeness (QED) is 0.631. The predicted octanol–water partition coefficient (Wildman–Crippen LogP) is 3.55. The van der Waals surface area contributed by atoms with Crippen LogP contribution in [0.1, 0.15) is 51.6 Å². The van der Waals surface area contributed by atoms with Crippen molar-refractivity contribution in [2.24, 2.45) is 0 Å². The van der Waals surface area contributed by atoms with Gasteiger partial charge >= 0.3 is 0 Å². The van der Waals surface area contributed by atoms with E-state index in [-0.39, 0.29) is 12.2 Å². The maximum absolute atomic E-state index is 14.8. The number of rotatable bonds is 2. The van der Waals surface area contributed by atoms with Gasteiger partial charge in [0, 0.05) is 30.3 Å². The number of carbonyl (C=O) groups excluding carboxylic acids is 2. The van der Waals surface area contributed by atoms with E-state index in [9.17, 15) is 23.9 Å². The standard InChI is InChI=1S/C25H19FN2O4/c1-2-27-24(31)21(28-13-12-19(29)23(30)22(28)25(27)32)20-15-7-4-3-6-14(15)10-11-16-17(20)8-5-9-18(16)26/h3-13,20-21,30H,2H2,1H3/t20-,21-/m0/s1. The van der Waals surface area contributed by atoms with E-state index in [0.717, 1.165) is 22.1 Å². The molecule has 0 saturated carbocycles. The van der Waals surface area contributed by atoms with Gasteiger partial charge in [-0.05, 0) is 29.7 Å². The van der Waals surface area contributed by atoms with Crippen LogP contribution in [-0.4, -0.2) is 32.9 Å². The summed E-state index contributed by atoms with van der Waals surface area (Å²) in [7, 11) is 0. The number of aromatic nitrogens is 1. The topological polar surface area (TPSA) is 79.6 Å². The molecule has 3 aromatic rings. The number of hydrogen-bond donors (Lipinski definition) is 1. The van der Waals surface area contributed by atoms with Gasteiger partial charge in [-0.3, -0.25) is 19.3 Å². The van der Waals surface area contributed by atoms with Crippen molar-refractivity contribution in [3.63, 3.8) is 0 Å². The first kappa shape index (κ1) is 19.9. The highest BCUT2D eigenvalue weighted by Crippen LogP contribution is 2.45.